The Balaban J connectivity index is 1.80. The van der Waals surface area contributed by atoms with Crippen LogP contribution in [0.2, 0.25) is 0 Å². The van der Waals surface area contributed by atoms with E-state index in [2.05, 4.69) is 15.0 Å². The summed E-state index contributed by atoms with van der Waals surface area (Å²) < 4.78 is 3.49. The second-order valence-corrected chi connectivity index (χ2v) is 4.77. The number of hydrogen-bond donors (Lipinski definition) is 0. The van der Waals surface area contributed by atoms with Crippen LogP contribution in [0.15, 0.2) is 60.2 Å². The van der Waals surface area contributed by atoms with Gasteiger partial charge in [0.05, 0.1) is 35.7 Å². The minimum absolute atomic E-state index is 0.0838. The molecule has 6 heteroatoms. The molecule has 4 heterocycles. The Labute approximate surface area is 119 Å². The Morgan fingerprint density at radius 1 is 1.19 bits per heavy atom. The van der Waals surface area contributed by atoms with Crippen LogP contribution in [0, 0.1) is 0 Å². The van der Waals surface area contributed by atoms with Crippen LogP contribution in [0.4, 0.5) is 0 Å². The van der Waals surface area contributed by atoms with E-state index in [1.54, 1.807) is 23.0 Å². The van der Waals surface area contributed by atoms with Gasteiger partial charge in [0.25, 0.3) is 5.56 Å². The number of nitrogens with zero attached hydrogens (tertiary/aromatic N) is 5. The first-order chi connectivity index (χ1) is 10.3. The molecule has 0 aliphatic carbocycles. The fraction of sp³-hybridized carbons (Fsp3) is 0.0667. The molecule has 0 atom stereocenters. The van der Waals surface area contributed by atoms with Crippen molar-refractivity contribution in [1.29, 1.82) is 0 Å². The van der Waals surface area contributed by atoms with E-state index in [1.165, 1.54) is 6.33 Å². The van der Waals surface area contributed by atoms with Gasteiger partial charge in [0.15, 0.2) is 0 Å². The third-order valence-electron chi connectivity index (χ3n) is 3.37. The largest absolute Gasteiger partial charge is 0.307 e. The van der Waals surface area contributed by atoms with Gasteiger partial charge in [0.1, 0.15) is 5.65 Å². The predicted octanol–water partition coefficient (Wildman–Crippen LogP) is 1.49. The van der Waals surface area contributed by atoms with Gasteiger partial charge in [0, 0.05) is 18.6 Å². The molecule has 102 valence electrons. The molecule has 0 spiro atoms. The summed E-state index contributed by atoms with van der Waals surface area (Å²) in [6, 6.07) is 7.49. The zero-order valence-corrected chi connectivity index (χ0v) is 11.0. The van der Waals surface area contributed by atoms with Crippen molar-refractivity contribution in [3.63, 3.8) is 0 Å². The topological polar surface area (TPSA) is 65.1 Å². The van der Waals surface area contributed by atoms with Gasteiger partial charge in [-0.2, -0.15) is 0 Å². The van der Waals surface area contributed by atoms with E-state index < -0.39 is 0 Å². The minimum Gasteiger partial charge on any atom is -0.307 e. The van der Waals surface area contributed by atoms with E-state index >= 15 is 0 Å². The number of fused-ring (bicyclic) bond motifs is 2. The van der Waals surface area contributed by atoms with Crippen molar-refractivity contribution in [3.05, 3.63) is 71.4 Å². The Bertz CT molecular complexity index is 968. The van der Waals surface area contributed by atoms with E-state index in [1.807, 2.05) is 35.0 Å². The van der Waals surface area contributed by atoms with E-state index in [9.17, 15) is 4.79 Å². The van der Waals surface area contributed by atoms with Crippen LogP contribution >= 0.6 is 0 Å². The second-order valence-electron chi connectivity index (χ2n) is 4.77. The summed E-state index contributed by atoms with van der Waals surface area (Å²) in [7, 11) is 0. The average Bonchev–Trinajstić information content (AvgIpc) is 2.93. The third kappa shape index (κ3) is 1.97. The van der Waals surface area contributed by atoms with Gasteiger partial charge in [-0.3, -0.25) is 14.3 Å². The lowest BCUT2D eigenvalue weighted by atomic mass is 10.3. The standard InChI is InChI=1S/C15H11N5O/c21-15-12-4-5-16-7-13(12)17-10-20(15)9-11-8-19-6-2-1-3-14(19)18-11/h1-8,10H,9H2. The second kappa shape index (κ2) is 4.52. The summed E-state index contributed by atoms with van der Waals surface area (Å²) in [5, 5.41) is 0.566. The molecule has 0 aliphatic rings. The highest BCUT2D eigenvalue weighted by Gasteiger charge is 2.06. The summed E-state index contributed by atoms with van der Waals surface area (Å²) in [6.45, 7) is 0.395. The first kappa shape index (κ1) is 11.8. The van der Waals surface area contributed by atoms with E-state index in [0.717, 1.165) is 11.3 Å². The van der Waals surface area contributed by atoms with Crippen molar-refractivity contribution in [1.82, 2.24) is 23.9 Å². The van der Waals surface area contributed by atoms with Gasteiger partial charge in [-0.25, -0.2) is 9.97 Å². The molecule has 4 rings (SSSR count). The van der Waals surface area contributed by atoms with E-state index in [0.29, 0.717) is 17.4 Å². The fourth-order valence-electron chi connectivity index (χ4n) is 2.36. The number of imidazole rings is 1. The molecule has 0 aliphatic heterocycles. The molecule has 0 bridgehead atoms. The van der Waals surface area contributed by atoms with Crippen molar-refractivity contribution in [2.45, 2.75) is 6.54 Å². The Morgan fingerprint density at radius 3 is 3.05 bits per heavy atom. The summed E-state index contributed by atoms with van der Waals surface area (Å²) in [5.74, 6) is 0. The highest BCUT2D eigenvalue weighted by atomic mass is 16.1. The first-order valence-corrected chi connectivity index (χ1v) is 6.53. The molecule has 6 nitrogen and oxygen atoms in total. The predicted molar refractivity (Wildman–Crippen MR) is 78.1 cm³/mol. The van der Waals surface area contributed by atoms with Gasteiger partial charge < -0.3 is 4.40 Å². The van der Waals surface area contributed by atoms with Gasteiger partial charge in [-0.1, -0.05) is 6.07 Å². The van der Waals surface area contributed by atoms with Crippen LogP contribution in [0.1, 0.15) is 5.69 Å². The van der Waals surface area contributed by atoms with E-state index in [4.69, 9.17) is 0 Å². The molecule has 0 N–H and O–H groups in total. The minimum atomic E-state index is -0.0838. The maximum Gasteiger partial charge on any atom is 0.261 e. The highest BCUT2D eigenvalue weighted by molar-refractivity contribution is 5.75. The van der Waals surface area contributed by atoms with Crippen molar-refractivity contribution in [2.24, 2.45) is 0 Å². The summed E-state index contributed by atoms with van der Waals surface area (Å²) in [5.41, 5.74) is 2.20. The normalized spacial score (nSPS) is 11.2. The van der Waals surface area contributed by atoms with Crippen molar-refractivity contribution < 1.29 is 0 Å². The van der Waals surface area contributed by atoms with E-state index in [-0.39, 0.29) is 5.56 Å². The molecule has 0 radical (unpaired) electrons. The smallest absolute Gasteiger partial charge is 0.261 e. The zero-order valence-electron chi connectivity index (χ0n) is 11.0. The molecular weight excluding hydrogens is 266 g/mol. The number of pyridine rings is 2. The highest BCUT2D eigenvalue weighted by Crippen LogP contribution is 2.07. The number of rotatable bonds is 2. The lowest BCUT2D eigenvalue weighted by Gasteiger charge is -2.03. The summed E-state index contributed by atoms with van der Waals surface area (Å²) in [4.78, 5) is 25.1. The molecule has 0 aromatic carbocycles. The molecule has 0 amide bonds. The summed E-state index contributed by atoms with van der Waals surface area (Å²) >= 11 is 0. The average molecular weight is 277 g/mol. The lowest BCUT2D eigenvalue weighted by Crippen LogP contribution is -2.21. The first-order valence-electron chi connectivity index (χ1n) is 6.53. The van der Waals surface area contributed by atoms with Crippen LogP contribution in [0.5, 0.6) is 0 Å². The molecule has 0 fully saturated rings. The van der Waals surface area contributed by atoms with Crippen LogP contribution in [-0.2, 0) is 6.54 Å². The van der Waals surface area contributed by atoms with Crippen molar-refractivity contribution in [3.8, 4) is 0 Å². The molecule has 4 aromatic rings. The Hall–Kier alpha value is -3.02. The third-order valence-corrected chi connectivity index (χ3v) is 3.37. The zero-order chi connectivity index (χ0) is 14.2. The molecular formula is C15H11N5O. The molecule has 4 aromatic heterocycles. The number of aromatic nitrogens is 5. The Morgan fingerprint density at radius 2 is 2.14 bits per heavy atom. The summed E-state index contributed by atoms with van der Waals surface area (Å²) in [6.07, 6.45) is 8.57. The van der Waals surface area contributed by atoms with Crippen molar-refractivity contribution >= 4 is 16.6 Å². The molecule has 0 unspecified atom stereocenters. The van der Waals surface area contributed by atoms with Crippen LogP contribution in [0.25, 0.3) is 16.6 Å². The molecule has 0 saturated carbocycles. The van der Waals surface area contributed by atoms with Crippen LogP contribution in [0.3, 0.4) is 0 Å². The van der Waals surface area contributed by atoms with Crippen molar-refractivity contribution in [2.75, 3.05) is 0 Å². The monoisotopic (exact) mass is 277 g/mol. The quantitative estimate of drug-likeness (QED) is 0.557. The maximum absolute atomic E-state index is 12.4. The van der Waals surface area contributed by atoms with Gasteiger partial charge >= 0.3 is 0 Å². The SMILES string of the molecule is O=c1c2ccncc2ncn1Cc1cn2ccccc2n1. The fourth-order valence-corrected chi connectivity index (χ4v) is 2.36. The van der Waals surface area contributed by atoms with Crippen LogP contribution in [-0.4, -0.2) is 23.9 Å². The number of hydrogen-bond acceptors (Lipinski definition) is 4. The lowest BCUT2D eigenvalue weighted by molar-refractivity contribution is 0.734. The van der Waals surface area contributed by atoms with Gasteiger partial charge in [-0.05, 0) is 18.2 Å². The van der Waals surface area contributed by atoms with Crippen LogP contribution < -0.4 is 5.56 Å². The molecule has 0 saturated heterocycles. The maximum atomic E-state index is 12.4. The Kier molecular flexibility index (Phi) is 2.53. The van der Waals surface area contributed by atoms with Gasteiger partial charge in [-0.15, -0.1) is 0 Å². The molecule has 21 heavy (non-hydrogen) atoms. The van der Waals surface area contributed by atoms with Gasteiger partial charge in [0.2, 0.25) is 0 Å².